The third-order valence-corrected chi connectivity index (χ3v) is 3.35. The smallest absolute Gasteiger partial charge is 0.260 e. The summed E-state index contributed by atoms with van der Waals surface area (Å²) in [6.07, 6.45) is 1.62. The SMILES string of the molecule is C[C@@H](Oc1ccccc1Cl)C(=O)NC[C@H]1CCCO1. The minimum Gasteiger partial charge on any atom is -0.479 e. The highest BCUT2D eigenvalue weighted by Gasteiger charge is 2.20. The molecule has 0 aromatic heterocycles. The summed E-state index contributed by atoms with van der Waals surface area (Å²) in [5.74, 6) is 0.361. The van der Waals surface area contributed by atoms with Crippen LogP contribution in [0.4, 0.5) is 0 Å². The van der Waals surface area contributed by atoms with Gasteiger partial charge in [-0.05, 0) is 31.9 Å². The Morgan fingerprint density at radius 2 is 2.37 bits per heavy atom. The minimum atomic E-state index is -0.582. The molecule has 1 aromatic rings. The highest BCUT2D eigenvalue weighted by atomic mass is 35.5. The van der Waals surface area contributed by atoms with Crippen LogP contribution in [0.15, 0.2) is 24.3 Å². The lowest BCUT2D eigenvalue weighted by Gasteiger charge is -2.17. The number of carbonyl (C=O) groups excluding carboxylic acids is 1. The molecule has 0 spiro atoms. The van der Waals surface area contributed by atoms with Crippen molar-refractivity contribution in [3.63, 3.8) is 0 Å². The first-order chi connectivity index (χ1) is 9.16. The second-order valence-electron chi connectivity index (χ2n) is 4.57. The van der Waals surface area contributed by atoms with Gasteiger partial charge in [-0.15, -0.1) is 0 Å². The Kier molecular flexibility index (Phi) is 5.05. The zero-order valence-electron chi connectivity index (χ0n) is 10.9. The zero-order chi connectivity index (χ0) is 13.7. The number of hydrogen-bond acceptors (Lipinski definition) is 3. The maximum atomic E-state index is 11.9. The zero-order valence-corrected chi connectivity index (χ0v) is 11.7. The third-order valence-electron chi connectivity index (χ3n) is 3.04. The molecule has 104 valence electrons. The van der Waals surface area contributed by atoms with Gasteiger partial charge in [-0.25, -0.2) is 0 Å². The van der Waals surface area contributed by atoms with Crippen molar-refractivity contribution in [2.45, 2.75) is 32.0 Å². The first-order valence-electron chi connectivity index (χ1n) is 6.47. The lowest BCUT2D eigenvalue weighted by atomic mass is 10.2. The second-order valence-corrected chi connectivity index (χ2v) is 4.98. The summed E-state index contributed by atoms with van der Waals surface area (Å²) in [5.41, 5.74) is 0. The highest BCUT2D eigenvalue weighted by molar-refractivity contribution is 6.32. The first-order valence-corrected chi connectivity index (χ1v) is 6.85. The number of halogens is 1. The van der Waals surface area contributed by atoms with E-state index in [1.807, 2.05) is 12.1 Å². The van der Waals surface area contributed by atoms with E-state index in [9.17, 15) is 4.79 Å². The number of nitrogens with one attached hydrogen (secondary N) is 1. The fourth-order valence-electron chi connectivity index (χ4n) is 1.95. The average molecular weight is 284 g/mol. The van der Waals surface area contributed by atoms with Crippen molar-refractivity contribution in [3.05, 3.63) is 29.3 Å². The summed E-state index contributed by atoms with van der Waals surface area (Å²) in [7, 11) is 0. The molecule has 1 fully saturated rings. The lowest BCUT2D eigenvalue weighted by Crippen LogP contribution is -2.40. The molecule has 5 heteroatoms. The standard InChI is InChI=1S/C14H18ClNO3/c1-10(19-13-7-3-2-6-12(13)15)14(17)16-9-11-5-4-8-18-11/h2-3,6-7,10-11H,4-5,8-9H2,1H3,(H,16,17)/t10-,11-/m1/s1. The molecule has 0 aliphatic carbocycles. The number of para-hydroxylation sites is 1. The van der Waals surface area contributed by atoms with Crippen LogP contribution < -0.4 is 10.1 Å². The van der Waals surface area contributed by atoms with Crippen LogP contribution in [0.25, 0.3) is 0 Å². The summed E-state index contributed by atoms with van der Waals surface area (Å²) in [4.78, 5) is 11.9. The molecule has 1 aromatic carbocycles. The summed E-state index contributed by atoms with van der Waals surface area (Å²) in [6.45, 7) is 3.02. The van der Waals surface area contributed by atoms with Crippen molar-refractivity contribution < 1.29 is 14.3 Å². The summed E-state index contributed by atoms with van der Waals surface area (Å²) in [6, 6.07) is 7.11. The Bertz CT molecular complexity index is 432. The predicted octanol–water partition coefficient (Wildman–Crippen LogP) is 2.40. The van der Waals surface area contributed by atoms with Gasteiger partial charge < -0.3 is 14.8 Å². The Balaban J connectivity index is 1.80. The fourth-order valence-corrected chi connectivity index (χ4v) is 2.13. The number of benzene rings is 1. The topological polar surface area (TPSA) is 47.6 Å². The van der Waals surface area contributed by atoms with Gasteiger partial charge in [-0.3, -0.25) is 4.79 Å². The molecule has 0 radical (unpaired) electrons. The molecule has 1 aliphatic heterocycles. The first kappa shape index (κ1) is 14.2. The van der Waals surface area contributed by atoms with E-state index in [2.05, 4.69) is 5.32 Å². The fraction of sp³-hybridized carbons (Fsp3) is 0.500. The van der Waals surface area contributed by atoms with Crippen LogP contribution >= 0.6 is 11.6 Å². The van der Waals surface area contributed by atoms with E-state index in [4.69, 9.17) is 21.1 Å². The van der Waals surface area contributed by atoms with Crippen LogP contribution in [0.3, 0.4) is 0 Å². The predicted molar refractivity (Wildman–Crippen MR) is 73.5 cm³/mol. The van der Waals surface area contributed by atoms with Gasteiger partial charge in [0.15, 0.2) is 6.10 Å². The molecule has 19 heavy (non-hydrogen) atoms. The van der Waals surface area contributed by atoms with Gasteiger partial charge in [0, 0.05) is 13.2 Å². The molecule has 1 heterocycles. The van der Waals surface area contributed by atoms with Gasteiger partial charge in [0.2, 0.25) is 0 Å². The molecule has 0 saturated carbocycles. The van der Waals surface area contributed by atoms with E-state index in [-0.39, 0.29) is 12.0 Å². The molecule has 0 unspecified atom stereocenters. The van der Waals surface area contributed by atoms with Crippen LogP contribution in [0.1, 0.15) is 19.8 Å². The maximum Gasteiger partial charge on any atom is 0.260 e. The Hall–Kier alpha value is -1.26. The van der Waals surface area contributed by atoms with Gasteiger partial charge >= 0.3 is 0 Å². The van der Waals surface area contributed by atoms with E-state index in [1.54, 1.807) is 19.1 Å². The Labute approximate surface area is 118 Å². The van der Waals surface area contributed by atoms with E-state index in [0.717, 1.165) is 19.4 Å². The van der Waals surface area contributed by atoms with E-state index in [0.29, 0.717) is 17.3 Å². The lowest BCUT2D eigenvalue weighted by molar-refractivity contribution is -0.127. The van der Waals surface area contributed by atoms with Crippen molar-refractivity contribution in [1.82, 2.24) is 5.32 Å². The second kappa shape index (κ2) is 6.78. The molecule has 1 aliphatic rings. The molecular weight excluding hydrogens is 266 g/mol. The molecule has 1 amide bonds. The molecule has 1 N–H and O–H groups in total. The minimum absolute atomic E-state index is 0.136. The van der Waals surface area contributed by atoms with Gasteiger partial charge in [-0.2, -0.15) is 0 Å². The van der Waals surface area contributed by atoms with E-state index in [1.165, 1.54) is 0 Å². The van der Waals surface area contributed by atoms with Gasteiger partial charge in [-0.1, -0.05) is 23.7 Å². The van der Waals surface area contributed by atoms with Crippen molar-refractivity contribution in [1.29, 1.82) is 0 Å². The van der Waals surface area contributed by atoms with E-state index < -0.39 is 6.10 Å². The van der Waals surface area contributed by atoms with Gasteiger partial charge in [0.05, 0.1) is 11.1 Å². The number of amides is 1. The quantitative estimate of drug-likeness (QED) is 0.903. The number of carbonyl (C=O) groups is 1. The summed E-state index contributed by atoms with van der Waals surface area (Å²) >= 11 is 5.98. The third kappa shape index (κ3) is 4.11. The van der Waals surface area contributed by atoms with Gasteiger partial charge in [0.25, 0.3) is 5.91 Å². The largest absolute Gasteiger partial charge is 0.479 e. The molecule has 4 nitrogen and oxygen atoms in total. The maximum absolute atomic E-state index is 11.9. The van der Waals surface area contributed by atoms with Crippen molar-refractivity contribution in [2.75, 3.05) is 13.2 Å². The van der Waals surface area contributed by atoms with Gasteiger partial charge in [0.1, 0.15) is 5.75 Å². The number of ether oxygens (including phenoxy) is 2. The normalized spacial score (nSPS) is 20.0. The molecule has 1 saturated heterocycles. The van der Waals surface area contributed by atoms with Crippen LogP contribution in [0, 0.1) is 0 Å². The Morgan fingerprint density at radius 1 is 1.58 bits per heavy atom. The average Bonchev–Trinajstić information content (AvgIpc) is 2.91. The van der Waals surface area contributed by atoms with E-state index >= 15 is 0 Å². The van der Waals surface area contributed by atoms with Crippen molar-refractivity contribution >= 4 is 17.5 Å². The summed E-state index contributed by atoms with van der Waals surface area (Å²) in [5, 5.41) is 3.33. The molecule has 0 bridgehead atoms. The molecule has 2 rings (SSSR count). The Morgan fingerprint density at radius 3 is 3.05 bits per heavy atom. The van der Waals surface area contributed by atoms with Crippen LogP contribution in [0.5, 0.6) is 5.75 Å². The monoisotopic (exact) mass is 283 g/mol. The van der Waals surface area contributed by atoms with Crippen LogP contribution in [-0.4, -0.2) is 31.3 Å². The number of hydrogen-bond donors (Lipinski definition) is 1. The molecular formula is C14H18ClNO3. The molecule has 2 atom stereocenters. The van der Waals surface area contributed by atoms with Crippen molar-refractivity contribution in [3.8, 4) is 5.75 Å². The highest BCUT2D eigenvalue weighted by Crippen LogP contribution is 2.24. The van der Waals surface area contributed by atoms with Crippen LogP contribution in [-0.2, 0) is 9.53 Å². The summed E-state index contributed by atoms with van der Waals surface area (Å²) < 4.78 is 11.0. The van der Waals surface area contributed by atoms with Crippen LogP contribution in [0.2, 0.25) is 5.02 Å². The van der Waals surface area contributed by atoms with Crippen molar-refractivity contribution in [2.24, 2.45) is 0 Å². The number of rotatable bonds is 5.